The van der Waals surface area contributed by atoms with Crippen molar-refractivity contribution in [1.29, 1.82) is 0 Å². The summed E-state index contributed by atoms with van der Waals surface area (Å²) < 4.78 is 7.09. The number of aromatic nitrogens is 1. The summed E-state index contributed by atoms with van der Waals surface area (Å²) in [6, 6.07) is 4.95. The zero-order chi connectivity index (χ0) is 15.6. The van der Waals surface area contributed by atoms with E-state index in [1.54, 1.807) is 16.7 Å². The fourth-order valence-electron chi connectivity index (χ4n) is 2.17. The molecule has 2 aromatic rings. The first kappa shape index (κ1) is 15.1. The van der Waals surface area contributed by atoms with Crippen LogP contribution in [0.15, 0.2) is 29.2 Å². The number of aliphatic hydroxyl groups is 1. The molecule has 0 bridgehead atoms. The molecule has 112 valence electrons. The van der Waals surface area contributed by atoms with Crippen molar-refractivity contribution in [3.8, 4) is 5.75 Å². The Bertz CT molecular complexity index is 733. The molecule has 2 rings (SSSR count). The van der Waals surface area contributed by atoms with Crippen LogP contribution in [0, 0.1) is 0 Å². The highest BCUT2D eigenvalue weighted by Crippen LogP contribution is 2.20. The third-order valence-corrected chi connectivity index (χ3v) is 2.99. The minimum absolute atomic E-state index is 0.0511. The molecule has 0 aliphatic rings. The minimum atomic E-state index is -1.29. The van der Waals surface area contributed by atoms with E-state index in [-0.39, 0.29) is 30.2 Å². The molecule has 1 aromatic heterocycles. The predicted molar refractivity (Wildman–Crippen MR) is 78.0 cm³/mol. The fraction of sp³-hybridized carbons (Fsp3) is 0.333. The zero-order valence-corrected chi connectivity index (χ0v) is 11.9. The maximum absolute atomic E-state index is 12.3. The molecule has 2 N–H and O–H groups in total. The first-order chi connectivity index (χ1) is 9.93. The van der Waals surface area contributed by atoms with Gasteiger partial charge in [-0.1, -0.05) is 0 Å². The van der Waals surface area contributed by atoms with Crippen LogP contribution in [0.2, 0.25) is 0 Å². The Hall–Kier alpha value is -2.34. The Morgan fingerprint density at radius 1 is 1.38 bits per heavy atom. The molecule has 0 saturated carbocycles. The summed E-state index contributed by atoms with van der Waals surface area (Å²) in [5, 5.41) is 18.5. The molecule has 0 aliphatic carbocycles. The molecule has 0 amide bonds. The van der Waals surface area contributed by atoms with Crippen LogP contribution in [0.25, 0.3) is 10.9 Å². The smallest absolute Gasteiger partial charge is 0.341 e. The summed E-state index contributed by atoms with van der Waals surface area (Å²) in [6.07, 6.45) is 1.21. The van der Waals surface area contributed by atoms with E-state index in [9.17, 15) is 9.59 Å². The van der Waals surface area contributed by atoms with Crippen LogP contribution in [0.5, 0.6) is 5.75 Å². The second kappa shape index (κ2) is 5.97. The van der Waals surface area contributed by atoms with Gasteiger partial charge in [-0.3, -0.25) is 4.79 Å². The summed E-state index contributed by atoms with van der Waals surface area (Å²) in [7, 11) is 0. The molecule has 0 aliphatic heterocycles. The summed E-state index contributed by atoms with van der Waals surface area (Å²) >= 11 is 0. The number of fused-ring (bicyclic) bond motifs is 1. The van der Waals surface area contributed by atoms with Gasteiger partial charge in [0, 0.05) is 12.7 Å². The van der Waals surface area contributed by atoms with Crippen LogP contribution in [0.3, 0.4) is 0 Å². The Kier molecular flexibility index (Phi) is 4.28. The van der Waals surface area contributed by atoms with E-state index in [0.29, 0.717) is 11.3 Å². The van der Waals surface area contributed by atoms with Gasteiger partial charge in [0.2, 0.25) is 5.43 Å². The number of aromatic carboxylic acids is 1. The summed E-state index contributed by atoms with van der Waals surface area (Å²) in [5.74, 6) is -0.781. The summed E-state index contributed by atoms with van der Waals surface area (Å²) in [6.45, 7) is 3.78. The highest BCUT2D eigenvalue weighted by molar-refractivity contribution is 5.92. The van der Waals surface area contributed by atoms with Crippen LogP contribution < -0.4 is 10.2 Å². The van der Waals surface area contributed by atoms with E-state index in [1.807, 2.05) is 13.8 Å². The first-order valence-electron chi connectivity index (χ1n) is 6.62. The number of carbonyl (C=O) groups is 1. The van der Waals surface area contributed by atoms with Crippen molar-refractivity contribution in [3.63, 3.8) is 0 Å². The lowest BCUT2D eigenvalue weighted by molar-refractivity contribution is 0.0694. The predicted octanol–water partition coefficient (Wildman–Crippen LogP) is 1.48. The van der Waals surface area contributed by atoms with Crippen molar-refractivity contribution < 1.29 is 19.7 Å². The average Bonchev–Trinajstić information content (AvgIpc) is 2.41. The van der Waals surface area contributed by atoms with Crippen molar-refractivity contribution in [3.05, 3.63) is 40.2 Å². The van der Waals surface area contributed by atoms with Gasteiger partial charge >= 0.3 is 5.97 Å². The number of hydrogen-bond acceptors (Lipinski definition) is 4. The van der Waals surface area contributed by atoms with Gasteiger partial charge in [-0.05, 0) is 32.0 Å². The van der Waals surface area contributed by atoms with Crippen molar-refractivity contribution in [1.82, 2.24) is 4.57 Å². The molecule has 0 atom stereocenters. The highest BCUT2D eigenvalue weighted by Gasteiger charge is 2.15. The van der Waals surface area contributed by atoms with Crippen LogP contribution in [0.4, 0.5) is 0 Å². The number of ether oxygens (including phenoxy) is 1. The third-order valence-electron chi connectivity index (χ3n) is 2.99. The number of pyridine rings is 1. The average molecular weight is 291 g/mol. The number of rotatable bonds is 5. The SMILES string of the molecule is CC(C)Oc1ccc2c(c1)c(=O)c(C(=O)O)cn2CCO. The van der Waals surface area contributed by atoms with Gasteiger partial charge in [0.15, 0.2) is 0 Å². The largest absolute Gasteiger partial charge is 0.491 e. The molecule has 0 fully saturated rings. The molecular weight excluding hydrogens is 274 g/mol. The zero-order valence-electron chi connectivity index (χ0n) is 11.9. The second-order valence-corrected chi connectivity index (χ2v) is 4.94. The van der Waals surface area contributed by atoms with Gasteiger partial charge in [0.1, 0.15) is 11.3 Å². The first-order valence-corrected chi connectivity index (χ1v) is 6.62. The van der Waals surface area contributed by atoms with Gasteiger partial charge in [0.25, 0.3) is 0 Å². The van der Waals surface area contributed by atoms with Gasteiger partial charge in [-0.25, -0.2) is 4.79 Å². The van der Waals surface area contributed by atoms with E-state index < -0.39 is 11.4 Å². The van der Waals surface area contributed by atoms with E-state index >= 15 is 0 Å². The molecule has 6 heteroatoms. The van der Waals surface area contributed by atoms with Crippen molar-refractivity contribution >= 4 is 16.9 Å². The third kappa shape index (κ3) is 3.05. The molecular formula is C15H17NO5. The maximum atomic E-state index is 12.3. The normalized spacial score (nSPS) is 11.0. The Balaban J connectivity index is 2.72. The lowest BCUT2D eigenvalue weighted by Crippen LogP contribution is -2.20. The van der Waals surface area contributed by atoms with Gasteiger partial charge in [-0.2, -0.15) is 0 Å². The van der Waals surface area contributed by atoms with Crippen molar-refractivity contribution in [2.45, 2.75) is 26.5 Å². The van der Waals surface area contributed by atoms with E-state index in [1.165, 1.54) is 12.3 Å². The van der Waals surface area contributed by atoms with E-state index in [4.69, 9.17) is 14.9 Å². The number of carboxylic acid groups (broad SMARTS) is 1. The van der Waals surface area contributed by atoms with Gasteiger partial charge in [-0.15, -0.1) is 0 Å². The number of aliphatic hydroxyl groups excluding tert-OH is 1. The molecule has 1 heterocycles. The second-order valence-electron chi connectivity index (χ2n) is 4.94. The van der Waals surface area contributed by atoms with Crippen molar-refractivity contribution in [2.75, 3.05) is 6.61 Å². The molecule has 0 saturated heterocycles. The molecule has 1 aromatic carbocycles. The maximum Gasteiger partial charge on any atom is 0.341 e. The standard InChI is InChI=1S/C15H17NO5/c1-9(2)21-10-3-4-13-11(7-10)14(18)12(15(19)20)8-16(13)5-6-17/h3-4,7-9,17H,5-6H2,1-2H3,(H,19,20). The minimum Gasteiger partial charge on any atom is -0.491 e. The van der Waals surface area contributed by atoms with Crippen LogP contribution in [0.1, 0.15) is 24.2 Å². The molecule has 0 unspecified atom stereocenters. The fourth-order valence-corrected chi connectivity index (χ4v) is 2.17. The molecule has 0 radical (unpaired) electrons. The van der Waals surface area contributed by atoms with Gasteiger partial charge in [0.05, 0.1) is 23.6 Å². The quantitative estimate of drug-likeness (QED) is 0.871. The lowest BCUT2D eigenvalue weighted by Gasteiger charge is -2.14. The number of hydrogen-bond donors (Lipinski definition) is 2. The van der Waals surface area contributed by atoms with Crippen LogP contribution in [-0.2, 0) is 6.54 Å². The number of carboxylic acids is 1. The Morgan fingerprint density at radius 2 is 2.10 bits per heavy atom. The molecule has 6 nitrogen and oxygen atoms in total. The summed E-state index contributed by atoms with van der Waals surface area (Å²) in [5.41, 5.74) is -0.311. The number of nitrogens with zero attached hydrogens (tertiary/aromatic N) is 1. The lowest BCUT2D eigenvalue weighted by atomic mass is 10.1. The number of benzene rings is 1. The molecule has 0 spiro atoms. The van der Waals surface area contributed by atoms with E-state index in [0.717, 1.165) is 0 Å². The highest BCUT2D eigenvalue weighted by atomic mass is 16.5. The molecule has 21 heavy (non-hydrogen) atoms. The summed E-state index contributed by atoms with van der Waals surface area (Å²) in [4.78, 5) is 23.4. The monoisotopic (exact) mass is 291 g/mol. The Labute approximate surface area is 121 Å². The van der Waals surface area contributed by atoms with Gasteiger partial charge < -0.3 is 19.5 Å². The topological polar surface area (TPSA) is 88.8 Å². The van der Waals surface area contributed by atoms with Crippen LogP contribution in [-0.4, -0.2) is 33.5 Å². The van der Waals surface area contributed by atoms with Crippen molar-refractivity contribution in [2.24, 2.45) is 0 Å². The van der Waals surface area contributed by atoms with E-state index in [2.05, 4.69) is 0 Å². The van der Waals surface area contributed by atoms with Crippen LogP contribution >= 0.6 is 0 Å². The Morgan fingerprint density at radius 3 is 2.67 bits per heavy atom.